The van der Waals surface area contributed by atoms with Crippen molar-refractivity contribution in [2.75, 3.05) is 0 Å². The molecule has 7 aromatic carbocycles. The normalized spacial score (nSPS) is 11.6. The average Bonchev–Trinajstić information content (AvgIpc) is 3.82. The summed E-state index contributed by atoms with van der Waals surface area (Å²) in [7, 11) is 0. The Morgan fingerprint density at radius 3 is 2.08 bits per heavy atom. The SMILES string of the molecule is [C-]#[N+]c1ccc2c(c1)c1ccccc1n2-c1cc(C#N)ccc1-c1ccc2sc3c(ccc4c5ccccc5n(-c5ccccc5)c43)c2c1. The first-order valence-corrected chi connectivity index (χ1v) is 16.9. The third-order valence-corrected chi connectivity index (χ3v) is 10.9. The van der Waals surface area contributed by atoms with E-state index < -0.39 is 0 Å². The number of aromatic nitrogens is 2. The van der Waals surface area contributed by atoms with Crippen LogP contribution in [0.5, 0.6) is 0 Å². The van der Waals surface area contributed by atoms with Crippen molar-refractivity contribution in [2.45, 2.75) is 0 Å². The molecule has 0 spiro atoms. The number of hydrogen-bond acceptors (Lipinski definition) is 2. The van der Waals surface area contributed by atoms with Gasteiger partial charge in [-0.2, -0.15) is 5.26 Å². The van der Waals surface area contributed by atoms with Crippen molar-refractivity contribution in [3.05, 3.63) is 163 Å². The maximum atomic E-state index is 10.00. The van der Waals surface area contributed by atoms with Gasteiger partial charge in [-0.15, -0.1) is 11.3 Å². The Kier molecular flexibility index (Phi) is 5.84. The van der Waals surface area contributed by atoms with Crippen LogP contribution in [0, 0.1) is 17.9 Å². The molecule has 3 aromatic heterocycles. The number of para-hydroxylation sites is 3. The number of nitriles is 1. The van der Waals surface area contributed by atoms with Crippen LogP contribution in [-0.4, -0.2) is 9.13 Å². The number of hydrogen-bond donors (Lipinski definition) is 0. The van der Waals surface area contributed by atoms with Crippen LogP contribution in [0.25, 0.3) is 91.1 Å². The Hall–Kier alpha value is -6.66. The molecule has 3 heterocycles. The minimum Gasteiger partial charge on any atom is -0.309 e. The van der Waals surface area contributed by atoms with Crippen molar-refractivity contribution in [1.29, 1.82) is 5.26 Å². The highest BCUT2D eigenvalue weighted by atomic mass is 32.1. The molecule has 0 atom stereocenters. The van der Waals surface area contributed by atoms with Gasteiger partial charge in [0.2, 0.25) is 0 Å². The molecule has 0 aliphatic rings. The second kappa shape index (κ2) is 10.4. The predicted octanol–water partition coefficient (Wildman–Crippen LogP) is 12.3. The van der Waals surface area contributed by atoms with Gasteiger partial charge in [0.25, 0.3) is 0 Å². The molecule has 49 heavy (non-hydrogen) atoms. The van der Waals surface area contributed by atoms with Crippen molar-refractivity contribution < 1.29 is 0 Å². The molecule has 0 aliphatic heterocycles. The molecule has 10 rings (SSSR count). The van der Waals surface area contributed by atoms with Crippen LogP contribution in [0.4, 0.5) is 5.69 Å². The van der Waals surface area contributed by atoms with Crippen molar-refractivity contribution in [1.82, 2.24) is 9.13 Å². The smallest absolute Gasteiger partial charge is 0.188 e. The third kappa shape index (κ3) is 3.95. The molecule has 0 saturated heterocycles. The molecule has 0 N–H and O–H groups in total. The molecule has 10 aromatic rings. The summed E-state index contributed by atoms with van der Waals surface area (Å²) in [5, 5.41) is 17.0. The van der Waals surface area contributed by atoms with Gasteiger partial charge in [0.1, 0.15) is 0 Å². The van der Waals surface area contributed by atoms with Crippen molar-refractivity contribution >= 4 is 80.8 Å². The molecule has 226 valence electrons. The number of thiophene rings is 1. The lowest BCUT2D eigenvalue weighted by molar-refractivity contribution is 1.18. The number of nitrogens with zero attached hydrogens (tertiary/aromatic N) is 4. The highest BCUT2D eigenvalue weighted by Crippen LogP contribution is 2.45. The van der Waals surface area contributed by atoms with E-state index in [1.54, 1.807) is 0 Å². The van der Waals surface area contributed by atoms with E-state index in [1.165, 1.54) is 42.0 Å². The number of rotatable bonds is 3. The first kappa shape index (κ1) is 27.5. The molecule has 0 amide bonds. The molecule has 0 aliphatic carbocycles. The number of benzene rings is 7. The fourth-order valence-electron chi connectivity index (χ4n) is 7.62. The van der Waals surface area contributed by atoms with E-state index in [1.807, 2.05) is 53.8 Å². The van der Waals surface area contributed by atoms with Crippen LogP contribution in [0.3, 0.4) is 0 Å². The third-order valence-electron chi connectivity index (χ3n) is 9.75. The van der Waals surface area contributed by atoms with E-state index in [0.29, 0.717) is 11.3 Å². The van der Waals surface area contributed by atoms with Crippen LogP contribution in [0.15, 0.2) is 146 Å². The maximum absolute atomic E-state index is 10.00. The molecular formula is C44H24N4S. The van der Waals surface area contributed by atoms with E-state index in [9.17, 15) is 5.26 Å². The highest BCUT2D eigenvalue weighted by Gasteiger charge is 2.20. The van der Waals surface area contributed by atoms with Crippen LogP contribution >= 0.6 is 11.3 Å². The largest absolute Gasteiger partial charge is 0.309 e. The van der Waals surface area contributed by atoms with Crippen LogP contribution in [0.1, 0.15) is 5.56 Å². The topological polar surface area (TPSA) is 38.0 Å². The molecule has 0 radical (unpaired) electrons. The van der Waals surface area contributed by atoms with E-state index >= 15 is 0 Å². The zero-order chi connectivity index (χ0) is 32.6. The Morgan fingerprint density at radius 1 is 0.571 bits per heavy atom. The lowest BCUT2D eigenvalue weighted by Crippen LogP contribution is -1.98. The standard InChI is InChI=1S/C44H24N4S/c1-46-29-17-21-40-36(25-29)33-12-6-8-14-39(33)48(40)41-23-27(26-45)15-18-31(41)28-16-22-42-37(24-28)35-20-19-34-32-11-5-7-13-38(32)47(43(34)44(35)49-42)30-9-3-2-4-10-30/h2-25H. The molecule has 0 unspecified atom stereocenters. The molecular weight excluding hydrogens is 617 g/mol. The summed E-state index contributed by atoms with van der Waals surface area (Å²) >= 11 is 1.84. The minimum atomic E-state index is 0.598. The van der Waals surface area contributed by atoms with Gasteiger partial charge in [-0.05, 0) is 71.6 Å². The average molecular weight is 641 g/mol. The van der Waals surface area contributed by atoms with Gasteiger partial charge in [0.05, 0.1) is 50.7 Å². The summed E-state index contributed by atoms with van der Waals surface area (Å²) in [6.45, 7) is 7.62. The van der Waals surface area contributed by atoms with E-state index in [-0.39, 0.29) is 0 Å². The predicted molar refractivity (Wildman–Crippen MR) is 204 cm³/mol. The maximum Gasteiger partial charge on any atom is 0.188 e. The molecule has 0 fully saturated rings. The Labute approximate surface area is 285 Å². The van der Waals surface area contributed by atoms with Gasteiger partial charge >= 0.3 is 0 Å². The van der Waals surface area contributed by atoms with Gasteiger partial charge in [0, 0.05) is 42.9 Å². The summed E-state index contributed by atoms with van der Waals surface area (Å²) in [6, 6.07) is 53.1. The lowest BCUT2D eigenvalue weighted by Gasteiger charge is -2.15. The molecule has 0 saturated carbocycles. The van der Waals surface area contributed by atoms with E-state index in [2.05, 4.69) is 123 Å². The van der Waals surface area contributed by atoms with Crippen LogP contribution < -0.4 is 0 Å². The first-order chi connectivity index (χ1) is 24.2. The quantitative estimate of drug-likeness (QED) is 0.177. The lowest BCUT2D eigenvalue weighted by atomic mass is 9.99. The van der Waals surface area contributed by atoms with Gasteiger partial charge in [0.15, 0.2) is 5.69 Å². The van der Waals surface area contributed by atoms with Crippen molar-refractivity contribution in [3.8, 4) is 28.6 Å². The second-order valence-electron chi connectivity index (χ2n) is 12.3. The fourth-order valence-corrected chi connectivity index (χ4v) is 8.84. The zero-order valence-electron chi connectivity index (χ0n) is 26.1. The van der Waals surface area contributed by atoms with Crippen molar-refractivity contribution in [3.63, 3.8) is 0 Å². The second-order valence-corrected chi connectivity index (χ2v) is 13.4. The molecule has 5 heteroatoms. The highest BCUT2D eigenvalue weighted by molar-refractivity contribution is 7.26. The first-order valence-electron chi connectivity index (χ1n) is 16.1. The van der Waals surface area contributed by atoms with Gasteiger partial charge in [-0.1, -0.05) is 84.9 Å². The minimum absolute atomic E-state index is 0.598. The van der Waals surface area contributed by atoms with Crippen LogP contribution in [-0.2, 0) is 0 Å². The zero-order valence-corrected chi connectivity index (χ0v) is 26.9. The monoisotopic (exact) mass is 640 g/mol. The summed E-state index contributed by atoms with van der Waals surface area (Å²) in [5.74, 6) is 0. The Bertz CT molecular complexity index is 3070. The summed E-state index contributed by atoms with van der Waals surface area (Å²) in [6.07, 6.45) is 0. The van der Waals surface area contributed by atoms with Crippen LogP contribution in [0.2, 0.25) is 0 Å². The summed E-state index contributed by atoms with van der Waals surface area (Å²) in [5.41, 5.74) is 9.88. The fraction of sp³-hybridized carbons (Fsp3) is 0. The summed E-state index contributed by atoms with van der Waals surface area (Å²) < 4.78 is 7.15. The van der Waals surface area contributed by atoms with E-state index in [0.717, 1.165) is 44.3 Å². The van der Waals surface area contributed by atoms with Gasteiger partial charge in [-0.3, -0.25) is 0 Å². The van der Waals surface area contributed by atoms with Crippen molar-refractivity contribution in [2.24, 2.45) is 0 Å². The summed E-state index contributed by atoms with van der Waals surface area (Å²) in [4.78, 5) is 3.70. The Morgan fingerprint density at radius 2 is 1.29 bits per heavy atom. The molecule has 0 bridgehead atoms. The Balaban J connectivity index is 1.25. The number of fused-ring (bicyclic) bond motifs is 10. The van der Waals surface area contributed by atoms with Gasteiger partial charge < -0.3 is 9.13 Å². The van der Waals surface area contributed by atoms with E-state index in [4.69, 9.17) is 6.57 Å². The molecule has 4 nitrogen and oxygen atoms in total. The van der Waals surface area contributed by atoms with Gasteiger partial charge in [-0.25, -0.2) is 4.85 Å².